The Balaban J connectivity index is 2.99. The van der Waals surface area contributed by atoms with Gasteiger partial charge in [-0.1, -0.05) is 20.8 Å². The third-order valence-electron chi connectivity index (χ3n) is 2.95. The van der Waals surface area contributed by atoms with Crippen molar-refractivity contribution in [2.45, 2.75) is 20.8 Å². The third-order valence-corrected chi connectivity index (χ3v) is 2.95. The molecule has 4 N–H and O–H groups in total. The van der Waals surface area contributed by atoms with Gasteiger partial charge in [0.1, 0.15) is 0 Å². The number of nitrogens with two attached hydrogens (primary N) is 1. The molecule has 1 atom stereocenters. The number of anilines is 2. The Morgan fingerprint density at radius 3 is 2.39 bits per heavy atom. The van der Waals surface area contributed by atoms with E-state index < -0.39 is 5.97 Å². The Morgan fingerprint density at radius 2 is 1.89 bits per heavy atom. The summed E-state index contributed by atoms with van der Waals surface area (Å²) in [7, 11) is 0. The van der Waals surface area contributed by atoms with E-state index in [9.17, 15) is 9.59 Å². The Morgan fingerprint density at radius 1 is 1.28 bits per heavy atom. The molecule has 0 aromatic heterocycles. The predicted octanol–water partition coefficient (Wildman–Crippen LogP) is 2.20. The number of hydrogen-bond acceptors (Lipinski definition) is 3. The van der Waals surface area contributed by atoms with Crippen LogP contribution in [0, 0.1) is 11.8 Å². The maximum Gasteiger partial charge on any atom is 0.337 e. The van der Waals surface area contributed by atoms with Gasteiger partial charge in [0.05, 0.1) is 11.3 Å². The Labute approximate surface area is 106 Å². The first kappa shape index (κ1) is 14.0. The monoisotopic (exact) mass is 250 g/mol. The fourth-order valence-electron chi connectivity index (χ4n) is 1.40. The van der Waals surface area contributed by atoms with E-state index in [0.717, 1.165) is 0 Å². The molecule has 1 aromatic rings. The van der Waals surface area contributed by atoms with Crippen LogP contribution in [-0.4, -0.2) is 17.0 Å². The number of rotatable bonds is 4. The van der Waals surface area contributed by atoms with Gasteiger partial charge in [0, 0.05) is 11.6 Å². The average Bonchev–Trinajstić information content (AvgIpc) is 2.27. The lowest BCUT2D eigenvalue weighted by atomic mass is 9.97. The Bertz CT molecular complexity index is 469. The van der Waals surface area contributed by atoms with E-state index in [4.69, 9.17) is 10.8 Å². The second-order valence-corrected chi connectivity index (χ2v) is 4.63. The number of amides is 1. The van der Waals surface area contributed by atoms with Crippen molar-refractivity contribution in [3.63, 3.8) is 0 Å². The zero-order valence-electron chi connectivity index (χ0n) is 10.7. The molecule has 1 rings (SSSR count). The number of carboxylic acids is 1. The first-order valence-corrected chi connectivity index (χ1v) is 5.76. The maximum absolute atomic E-state index is 11.9. The summed E-state index contributed by atoms with van der Waals surface area (Å²) in [6.07, 6.45) is 0. The van der Waals surface area contributed by atoms with Crippen LogP contribution in [0.1, 0.15) is 31.1 Å². The summed E-state index contributed by atoms with van der Waals surface area (Å²) in [5, 5.41) is 11.6. The number of carbonyl (C=O) groups is 2. The molecule has 0 aliphatic carbocycles. The van der Waals surface area contributed by atoms with Crippen molar-refractivity contribution in [2.75, 3.05) is 11.1 Å². The molecule has 0 saturated heterocycles. The highest BCUT2D eigenvalue weighted by molar-refractivity contribution is 6.01. The van der Waals surface area contributed by atoms with E-state index in [-0.39, 0.29) is 29.0 Å². The molecule has 0 saturated carbocycles. The molecule has 5 nitrogen and oxygen atoms in total. The summed E-state index contributed by atoms with van der Waals surface area (Å²) >= 11 is 0. The molecular formula is C13H18N2O3. The summed E-state index contributed by atoms with van der Waals surface area (Å²) in [4.78, 5) is 22.9. The number of aromatic carboxylic acids is 1. The van der Waals surface area contributed by atoms with Crippen molar-refractivity contribution in [1.82, 2.24) is 0 Å². The van der Waals surface area contributed by atoms with Crippen LogP contribution in [0.15, 0.2) is 18.2 Å². The predicted molar refractivity (Wildman–Crippen MR) is 70.4 cm³/mol. The molecule has 1 aromatic carbocycles. The van der Waals surface area contributed by atoms with E-state index >= 15 is 0 Å². The number of carboxylic acid groups (broad SMARTS) is 1. The largest absolute Gasteiger partial charge is 0.478 e. The van der Waals surface area contributed by atoms with Crippen LogP contribution >= 0.6 is 0 Å². The molecule has 1 amide bonds. The van der Waals surface area contributed by atoms with Crippen LogP contribution in [0.25, 0.3) is 0 Å². The topological polar surface area (TPSA) is 92.4 Å². The molecule has 0 fully saturated rings. The van der Waals surface area contributed by atoms with Crippen LogP contribution in [-0.2, 0) is 4.79 Å². The second kappa shape index (κ2) is 5.53. The van der Waals surface area contributed by atoms with E-state index in [2.05, 4.69) is 5.32 Å². The molecule has 18 heavy (non-hydrogen) atoms. The molecule has 1 unspecified atom stereocenters. The van der Waals surface area contributed by atoms with Gasteiger partial charge in [0.15, 0.2) is 0 Å². The quantitative estimate of drug-likeness (QED) is 0.714. The van der Waals surface area contributed by atoms with Crippen LogP contribution < -0.4 is 11.1 Å². The van der Waals surface area contributed by atoms with Gasteiger partial charge >= 0.3 is 5.97 Å². The molecule has 0 spiro atoms. The van der Waals surface area contributed by atoms with Gasteiger partial charge in [-0.05, 0) is 24.1 Å². The highest BCUT2D eigenvalue weighted by atomic mass is 16.4. The zero-order valence-corrected chi connectivity index (χ0v) is 10.7. The SMILES string of the molecule is CC(C)C(C)C(=O)Nc1cc(N)ccc1C(=O)O. The molecule has 0 aliphatic rings. The van der Waals surface area contributed by atoms with Crippen molar-refractivity contribution in [3.8, 4) is 0 Å². The average molecular weight is 250 g/mol. The minimum atomic E-state index is -1.09. The molecular weight excluding hydrogens is 232 g/mol. The van der Waals surface area contributed by atoms with Gasteiger partial charge in [-0.2, -0.15) is 0 Å². The molecule has 0 bridgehead atoms. The van der Waals surface area contributed by atoms with Crippen LogP contribution in [0.4, 0.5) is 11.4 Å². The summed E-state index contributed by atoms with van der Waals surface area (Å²) in [5.41, 5.74) is 6.28. The van der Waals surface area contributed by atoms with Crippen molar-refractivity contribution in [1.29, 1.82) is 0 Å². The molecule has 0 heterocycles. The number of nitrogen functional groups attached to an aromatic ring is 1. The maximum atomic E-state index is 11.9. The van der Waals surface area contributed by atoms with E-state index in [1.54, 1.807) is 6.92 Å². The summed E-state index contributed by atoms with van der Waals surface area (Å²) in [6.45, 7) is 5.66. The summed E-state index contributed by atoms with van der Waals surface area (Å²) < 4.78 is 0. The molecule has 5 heteroatoms. The van der Waals surface area contributed by atoms with Crippen molar-refractivity contribution < 1.29 is 14.7 Å². The standard InChI is InChI=1S/C13H18N2O3/c1-7(2)8(3)12(16)15-11-6-9(14)4-5-10(11)13(17)18/h4-8H,14H2,1-3H3,(H,15,16)(H,17,18). The normalized spacial score (nSPS) is 12.2. The van der Waals surface area contributed by atoms with E-state index in [1.807, 2.05) is 13.8 Å². The minimum absolute atomic E-state index is 0.0357. The summed E-state index contributed by atoms with van der Waals surface area (Å²) in [5.74, 6) is -1.33. The van der Waals surface area contributed by atoms with Crippen molar-refractivity contribution in [2.24, 2.45) is 11.8 Å². The highest BCUT2D eigenvalue weighted by Gasteiger charge is 2.19. The Hall–Kier alpha value is -2.04. The van der Waals surface area contributed by atoms with Crippen molar-refractivity contribution in [3.05, 3.63) is 23.8 Å². The van der Waals surface area contributed by atoms with Crippen LogP contribution in [0.3, 0.4) is 0 Å². The zero-order chi connectivity index (χ0) is 13.9. The van der Waals surface area contributed by atoms with Crippen LogP contribution in [0.2, 0.25) is 0 Å². The van der Waals surface area contributed by atoms with Gasteiger partial charge in [-0.25, -0.2) is 4.79 Å². The van der Waals surface area contributed by atoms with Crippen LogP contribution in [0.5, 0.6) is 0 Å². The smallest absolute Gasteiger partial charge is 0.337 e. The number of hydrogen-bond donors (Lipinski definition) is 3. The van der Waals surface area contributed by atoms with Gasteiger partial charge < -0.3 is 16.2 Å². The van der Waals surface area contributed by atoms with Crippen molar-refractivity contribution >= 4 is 23.3 Å². The van der Waals surface area contributed by atoms with Gasteiger partial charge in [-0.15, -0.1) is 0 Å². The first-order valence-electron chi connectivity index (χ1n) is 5.76. The Kier molecular flexibility index (Phi) is 4.31. The minimum Gasteiger partial charge on any atom is -0.478 e. The number of benzene rings is 1. The van der Waals surface area contributed by atoms with E-state index in [0.29, 0.717) is 5.69 Å². The van der Waals surface area contributed by atoms with Gasteiger partial charge in [0.25, 0.3) is 0 Å². The highest BCUT2D eigenvalue weighted by Crippen LogP contribution is 2.21. The second-order valence-electron chi connectivity index (χ2n) is 4.63. The lowest BCUT2D eigenvalue weighted by molar-refractivity contribution is -0.120. The lowest BCUT2D eigenvalue weighted by Crippen LogP contribution is -2.25. The van der Waals surface area contributed by atoms with E-state index in [1.165, 1.54) is 18.2 Å². The molecule has 0 radical (unpaired) electrons. The molecule has 98 valence electrons. The number of nitrogens with one attached hydrogen (secondary N) is 1. The third kappa shape index (κ3) is 3.23. The number of carbonyl (C=O) groups excluding carboxylic acids is 1. The summed E-state index contributed by atoms with van der Waals surface area (Å²) in [6, 6.07) is 4.33. The van der Waals surface area contributed by atoms with Gasteiger partial charge in [0.2, 0.25) is 5.91 Å². The van der Waals surface area contributed by atoms with Gasteiger partial charge in [-0.3, -0.25) is 4.79 Å². The lowest BCUT2D eigenvalue weighted by Gasteiger charge is -2.16. The fraction of sp³-hybridized carbons (Fsp3) is 0.385. The first-order chi connectivity index (χ1) is 8.32. The molecule has 0 aliphatic heterocycles. The fourth-order valence-corrected chi connectivity index (χ4v) is 1.40.